The lowest BCUT2D eigenvalue weighted by molar-refractivity contribution is 0.0480. The van der Waals surface area contributed by atoms with E-state index in [0.29, 0.717) is 5.02 Å². The Balaban J connectivity index is 2.52. The molecule has 0 atom stereocenters. The Bertz CT molecular complexity index is 948. The highest BCUT2D eigenvalue weighted by molar-refractivity contribution is 7.92. The van der Waals surface area contributed by atoms with E-state index in [1.807, 2.05) is 0 Å². The molecule has 1 aromatic heterocycles. The number of esters is 2. The third-order valence-electron chi connectivity index (χ3n) is 3.39. The molecule has 0 spiro atoms. The van der Waals surface area contributed by atoms with Gasteiger partial charge in [0, 0.05) is 5.02 Å². The topological polar surface area (TPSA) is 112 Å². The average Bonchev–Trinajstić information content (AvgIpc) is 2.91. The van der Waals surface area contributed by atoms with Gasteiger partial charge in [0.1, 0.15) is 16.9 Å². The standard InChI is InChI=1S/C17H18ClNO7S/c1-4-24-16(20)13-10(3)26-15(14(13)17(21)25-5-2)19-27(22,23)12-8-6-11(18)7-9-12/h6-9,19H,4-5H2,1-3H3. The minimum absolute atomic E-state index is 0.0188. The monoisotopic (exact) mass is 415 g/mol. The van der Waals surface area contributed by atoms with Crippen molar-refractivity contribution in [3.8, 4) is 0 Å². The number of halogens is 1. The lowest BCUT2D eigenvalue weighted by Crippen LogP contribution is -2.18. The lowest BCUT2D eigenvalue weighted by atomic mass is 10.1. The van der Waals surface area contributed by atoms with Crippen LogP contribution in [0.25, 0.3) is 0 Å². The number of ether oxygens (including phenoxy) is 2. The van der Waals surface area contributed by atoms with E-state index >= 15 is 0 Å². The largest absolute Gasteiger partial charge is 0.462 e. The number of benzene rings is 1. The van der Waals surface area contributed by atoms with Gasteiger partial charge in [0.2, 0.25) is 5.88 Å². The van der Waals surface area contributed by atoms with Crippen LogP contribution in [0.1, 0.15) is 40.3 Å². The van der Waals surface area contributed by atoms with Gasteiger partial charge >= 0.3 is 11.9 Å². The molecule has 1 heterocycles. The van der Waals surface area contributed by atoms with Crippen molar-refractivity contribution in [2.45, 2.75) is 25.7 Å². The second-order valence-electron chi connectivity index (χ2n) is 5.24. The molecule has 2 rings (SSSR count). The summed E-state index contributed by atoms with van der Waals surface area (Å²) in [5.41, 5.74) is -0.533. The van der Waals surface area contributed by atoms with E-state index in [2.05, 4.69) is 4.72 Å². The van der Waals surface area contributed by atoms with Crippen molar-refractivity contribution >= 4 is 39.4 Å². The molecule has 1 aromatic carbocycles. The van der Waals surface area contributed by atoms with Crippen molar-refractivity contribution in [1.82, 2.24) is 0 Å². The molecule has 0 unspecified atom stereocenters. The van der Waals surface area contributed by atoms with Gasteiger partial charge in [-0.25, -0.2) is 22.7 Å². The predicted octanol–water partition coefficient (Wildman–Crippen LogP) is 3.40. The van der Waals surface area contributed by atoms with Crippen LogP contribution in [0.3, 0.4) is 0 Å². The zero-order chi connectivity index (χ0) is 20.2. The maximum absolute atomic E-state index is 12.6. The summed E-state index contributed by atoms with van der Waals surface area (Å²) >= 11 is 5.77. The number of aryl methyl sites for hydroxylation is 1. The normalized spacial score (nSPS) is 11.1. The van der Waals surface area contributed by atoms with E-state index < -0.39 is 27.8 Å². The van der Waals surface area contributed by atoms with Crippen LogP contribution in [0.5, 0.6) is 0 Å². The SMILES string of the molecule is CCOC(=O)c1c(C)oc(NS(=O)(=O)c2ccc(Cl)cc2)c1C(=O)OCC. The lowest BCUT2D eigenvalue weighted by Gasteiger charge is -2.08. The molecule has 146 valence electrons. The molecule has 0 bridgehead atoms. The Morgan fingerprint density at radius 1 is 1.04 bits per heavy atom. The smallest absolute Gasteiger partial charge is 0.344 e. The molecule has 0 amide bonds. The molecular formula is C17H18ClNO7S. The number of nitrogens with one attached hydrogen (secondary N) is 1. The summed E-state index contributed by atoms with van der Waals surface area (Å²) in [6, 6.07) is 5.38. The highest BCUT2D eigenvalue weighted by Crippen LogP contribution is 2.30. The van der Waals surface area contributed by atoms with Crippen LogP contribution in [0.4, 0.5) is 5.88 Å². The van der Waals surface area contributed by atoms with E-state index in [0.717, 1.165) is 0 Å². The van der Waals surface area contributed by atoms with Gasteiger partial charge in [0.05, 0.1) is 18.1 Å². The van der Waals surface area contributed by atoms with Gasteiger partial charge in [-0.2, -0.15) is 0 Å². The molecule has 0 aliphatic heterocycles. The predicted molar refractivity (Wildman–Crippen MR) is 97.6 cm³/mol. The molecule has 2 aromatic rings. The van der Waals surface area contributed by atoms with Crippen molar-refractivity contribution in [3.63, 3.8) is 0 Å². The fourth-order valence-electron chi connectivity index (χ4n) is 2.26. The zero-order valence-electron chi connectivity index (χ0n) is 14.9. The molecule has 0 aliphatic carbocycles. The third kappa shape index (κ3) is 4.61. The second-order valence-corrected chi connectivity index (χ2v) is 7.36. The number of anilines is 1. The summed E-state index contributed by atoms with van der Waals surface area (Å²) in [5.74, 6) is -2.14. The van der Waals surface area contributed by atoms with Gasteiger partial charge in [-0.05, 0) is 45.0 Å². The number of carbonyl (C=O) groups excluding carboxylic acids is 2. The summed E-state index contributed by atoms with van der Waals surface area (Å²) in [7, 11) is -4.10. The van der Waals surface area contributed by atoms with Crippen molar-refractivity contribution in [2.75, 3.05) is 17.9 Å². The summed E-state index contributed by atoms with van der Waals surface area (Å²) in [6.45, 7) is 4.68. The van der Waals surface area contributed by atoms with Crippen LogP contribution >= 0.6 is 11.6 Å². The minimum atomic E-state index is -4.10. The Morgan fingerprint density at radius 2 is 1.56 bits per heavy atom. The van der Waals surface area contributed by atoms with Gasteiger partial charge in [0.15, 0.2) is 0 Å². The molecule has 10 heteroatoms. The summed E-state index contributed by atoms with van der Waals surface area (Å²) in [4.78, 5) is 24.4. The molecule has 1 N–H and O–H groups in total. The van der Waals surface area contributed by atoms with Gasteiger partial charge in [0.25, 0.3) is 10.0 Å². The highest BCUT2D eigenvalue weighted by Gasteiger charge is 2.32. The quantitative estimate of drug-likeness (QED) is 0.689. The fourth-order valence-corrected chi connectivity index (χ4v) is 3.38. The van der Waals surface area contributed by atoms with Crippen LogP contribution in [-0.4, -0.2) is 33.6 Å². The van der Waals surface area contributed by atoms with Gasteiger partial charge in [-0.15, -0.1) is 0 Å². The van der Waals surface area contributed by atoms with Gasteiger partial charge < -0.3 is 13.9 Å². The maximum atomic E-state index is 12.6. The molecule has 8 nitrogen and oxygen atoms in total. The van der Waals surface area contributed by atoms with Crippen LogP contribution in [0.2, 0.25) is 5.02 Å². The first-order valence-corrected chi connectivity index (χ1v) is 9.83. The molecule has 0 saturated heterocycles. The van der Waals surface area contributed by atoms with E-state index in [4.69, 9.17) is 25.5 Å². The van der Waals surface area contributed by atoms with Crippen LogP contribution in [0.15, 0.2) is 33.6 Å². The Kier molecular flexibility index (Phi) is 6.50. The molecule has 0 aliphatic rings. The second kappa shape index (κ2) is 8.45. The molecule has 0 radical (unpaired) electrons. The van der Waals surface area contributed by atoms with Crippen LogP contribution in [0, 0.1) is 6.92 Å². The number of rotatable bonds is 7. The fraction of sp³-hybridized carbons (Fsp3) is 0.294. The number of furan rings is 1. The van der Waals surface area contributed by atoms with E-state index in [-0.39, 0.29) is 35.0 Å². The van der Waals surface area contributed by atoms with Crippen molar-refractivity contribution in [3.05, 3.63) is 46.2 Å². The van der Waals surface area contributed by atoms with Gasteiger partial charge in [-0.3, -0.25) is 0 Å². The van der Waals surface area contributed by atoms with Gasteiger partial charge in [-0.1, -0.05) is 11.6 Å². The summed E-state index contributed by atoms with van der Waals surface area (Å²) in [5, 5.41) is 0.361. The Hall–Kier alpha value is -2.52. The number of carbonyl (C=O) groups is 2. The number of hydrogen-bond acceptors (Lipinski definition) is 7. The first kappa shape index (κ1) is 20.8. The Labute approximate surface area is 161 Å². The van der Waals surface area contributed by atoms with E-state index in [9.17, 15) is 18.0 Å². The van der Waals surface area contributed by atoms with Crippen molar-refractivity contribution in [2.24, 2.45) is 0 Å². The highest BCUT2D eigenvalue weighted by atomic mass is 35.5. The van der Waals surface area contributed by atoms with Crippen molar-refractivity contribution < 1.29 is 31.9 Å². The number of hydrogen-bond donors (Lipinski definition) is 1. The molecule has 0 saturated carbocycles. The third-order valence-corrected chi connectivity index (χ3v) is 4.99. The maximum Gasteiger partial charge on any atom is 0.344 e. The van der Waals surface area contributed by atoms with E-state index in [1.165, 1.54) is 31.2 Å². The first-order chi connectivity index (χ1) is 12.7. The van der Waals surface area contributed by atoms with E-state index in [1.54, 1.807) is 13.8 Å². The molecular weight excluding hydrogens is 398 g/mol. The molecule has 0 fully saturated rings. The average molecular weight is 416 g/mol. The van der Waals surface area contributed by atoms with Crippen LogP contribution in [-0.2, 0) is 19.5 Å². The first-order valence-electron chi connectivity index (χ1n) is 7.97. The van der Waals surface area contributed by atoms with Crippen molar-refractivity contribution in [1.29, 1.82) is 0 Å². The molecule has 27 heavy (non-hydrogen) atoms. The Morgan fingerprint density at radius 3 is 2.07 bits per heavy atom. The zero-order valence-corrected chi connectivity index (χ0v) is 16.4. The number of sulfonamides is 1. The minimum Gasteiger partial charge on any atom is -0.462 e. The summed E-state index contributed by atoms with van der Waals surface area (Å²) in [6.07, 6.45) is 0. The summed E-state index contributed by atoms with van der Waals surface area (Å²) < 4.78 is 42.5. The van der Waals surface area contributed by atoms with Crippen LogP contribution < -0.4 is 4.72 Å².